The van der Waals surface area contributed by atoms with Gasteiger partial charge in [0, 0.05) is 6.54 Å². The molecule has 3 rings (SSSR count). The number of rotatable bonds is 5. The maximum Gasteiger partial charge on any atom is 0.307 e. The molecule has 0 aliphatic carbocycles. The first-order valence-electron chi connectivity index (χ1n) is 7.40. The zero-order chi connectivity index (χ0) is 17.3. The molecule has 0 bridgehead atoms. The van der Waals surface area contributed by atoms with Gasteiger partial charge in [-0.2, -0.15) is 5.10 Å². The van der Waals surface area contributed by atoms with Crippen LogP contribution in [-0.4, -0.2) is 45.1 Å². The summed E-state index contributed by atoms with van der Waals surface area (Å²) in [4.78, 5) is 25.9. The second kappa shape index (κ2) is 6.36. The number of benzene rings is 1. The molecule has 0 N–H and O–H groups in total. The lowest BCUT2D eigenvalue weighted by molar-refractivity contribution is -0.385. The molecular formula is C15H16FN5O3. The fourth-order valence-corrected chi connectivity index (χ4v) is 2.84. The van der Waals surface area contributed by atoms with E-state index in [2.05, 4.69) is 5.10 Å². The first-order valence-corrected chi connectivity index (χ1v) is 7.40. The van der Waals surface area contributed by atoms with Crippen LogP contribution in [-0.2, 0) is 11.5 Å². The predicted molar refractivity (Wildman–Crippen MR) is 83.8 cm³/mol. The summed E-state index contributed by atoms with van der Waals surface area (Å²) in [6, 6.07) is 5.74. The molecule has 1 saturated heterocycles. The predicted octanol–water partition coefficient (Wildman–Crippen LogP) is 1.63. The van der Waals surface area contributed by atoms with E-state index in [0.717, 1.165) is 6.20 Å². The van der Waals surface area contributed by atoms with Crippen molar-refractivity contribution in [3.63, 3.8) is 0 Å². The minimum absolute atomic E-state index is 0.103. The molecule has 1 aromatic carbocycles. The Morgan fingerprint density at radius 2 is 2.21 bits per heavy atom. The smallest absolute Gasteiger partial charge is 0.307 e. The van der Waals surface area contributed by atoms with Crippen LogP contribution >= 0.6 is 0 Å². The minimum Gasteiger partial charge on any atom is -0.308 e. The van der Waals surface area contributed by atoms with Gasteiger partial charge in [0.15, 0.2) is 0 Å². The van der Waals surface area contributed by atoms with E-state index in [4.69, 9.17) is 0 Å². The Balaban J connectivity index is 1.70. The number of nitro groups is 1. The van der Waals surface area contributed by atoms with Crippen LogP contribution in [0.2, 0.25) is 0 Å². The van der Waals surface area contributed by atoms with Crippen molar-refractivity contribution in [1.29, 1.82) is 0 Å². The van der Waals surface area contributed by atoms with Gasteiger partial charge in [-0.25, -0.2) is 4.39 Å². The number of para-hydroxylation sites is 1. The van der Waals surface area contributed by atoms with E-state index in [9.17, 15) is 19.3 Å². The number of anilines is 1. The van der Waals surface area contributed by atoms with E-state index in [0.29, 0.717) is 13.0 Å². The van der Waals surface area contributed by atoms with Crippen LogP contribution < -0.4 is 4.90 Å². The largest absolute Gasteiger partial charge is 0.308 e. The Morgan fingerprint density at radius 3 is 2.88 bits per heavy atom. The molecule has 0 radical (unpaired) electrons. The molecule has 1 aromatic heterocycles. The van der Waals surface area contributed by atoms with Gasteiger partial charge in [-0.15, -0.1) is 0 Å². The highest BCUT2D eigenvalue weighted by Crippen LogP contribution is 2.26. The molecule has 1 amide bonds. The molecule has 1 fully saturated rings. The molecule has 9 heteroatoms. The molecule has 2 heterocycles. The quantitative estimate of drug-likeness (QED) is 0.613. The summed E-state index contributed by atoms with van der Waals surface area (Å²) < 4.78 is 15.3. The van der Waals surface area contributed by atoms with E-state index in [-0.39, 0.29) is 24.0 Å². The van der Waals surface area contributed by atoms with Gasteiger partial charge in [0.25, 0.3) is 0 Å². The van der Waals surface area contributed by atoms with Crippen molar-refractivity contribution in [2.75, 3.05) is 18.5 Å². The van der Waals surface area contributed by atoms with E-state index in [1.807, 2.05) is 0 Å². The number of nitrogens with zero attached hydrogens (tertiary/aromatic N) is 5. The molecular weight excluding hydrogens is 317 g/mol. The third kappa shape index (κ3) is 2.98. The molecule has 1 aliphatic heterocycles. The first-order chi connectivity index (χ1) is 11.5. The summed E-state index contributed by atoms with van der Waals surface area (Å²) >= 11 is 0. The highest BCUT2D eigenvalue weighted by Gasteiger charge is 2.36. The average molecular weight is 333 g/mol. The molecule has 1 atom stereocenters. The van der Waals surface area contributed by atoms with Crippen LogP contribution in [0, 0.1) is 15.9 Å². The SMILES string of the molecule is CN(Cn1cc([N+](=O)[O-])cn1)C1CCN(c2ccccc2F)C1=O. The second-order valence-corrected chi connectivity index (χ2v) is 5.64. The number of likely N-dealkylation sites (N-methyl/N-ethyl adjacent to an activating group) is 1. The van der Waals surface area contributed by atoms with Crippen molar-refractivity contribution in [1.82, 2.24) is 14.7 Å². The lowest BCUT2D eigenvalue weighted by Crippen LogP contribution is -2.40. The summed E-state index contributed by atoms with van der Waals surface area (Å²) in [7, 11) is 1.74. The van der Waals surface area contributed by atoms with Crippen LogP contribution in [0.1, 0.15) is 6.42 Å². The van der Waals surface area contributed by atoms with Crippen molar-refractivity contribution in [2.45, 2.75) is 19.1 Å². The first kappa shape index (κ1) is 16.1. The van der Waals surface area contributed by atoms with Gasteiger partial charge >= 0.3 is 5.69 Å². The average Bonchev–Trinajstić information content (AvgIpc) is 3.15. The van der Waals surface area contributed by atoms with Crippen molar-refractivity contribution in [3.8, 4) is 0 Å². The zero-order valence-corrected chi connectivity index (χ0v) is 13.0. The van der Waals surface area contributed by atoms with E-state index in [1.165, 1.54) is 21.8 Å². The Kier molecular flexibility index (Phi) is 4.26. The van der Waals surface area contributed by atoms with Crippen LogP contribution in [0.4, 0.5) is 15.8 Å². The van der Waals surface area contributed by atoms with E-state index < -0.39 is 16.8 Å². The Bertz CT molecular complexity index is 778. The molecule has 1 aliphatic rings. The van der Waals surface area contributed by atoms with Gasteiger partial charge in [0.1, 0.15) is 18.2 Å². The van der Waals surface area contributed by atoms with Crippen molar-refractivity contribution >= 4 is 17.3 Å². The Labute approximate surface area is 137 Å². The van der Waals surface area contributed by atoms with Crippen molar-refractivity contribution in [3.05, 3.63) is 52.6 Å². The van der Waals surface area contributed by atoms with Crippen molar-refractivity contribution in [2.24, 2.45) is 0 Å². The lowest BCUT2D eigenvalue weighted by Gasteiger charge is -2.23. The summed E-state index contributed by atoms with van der Waals surface area (Å²) in [6.07, 6.45) is 3.02. The van der Waals surface area contributed by atoms with Gasteiger partial charge in [0.2, 0.25) is 5.91 Å². The zero-order valence-electron chi connectivity index (χ0n) is 13.0. The number of carbonyl (C=O) groups excluding carboxylic acids is 1. The number of hydrogen-bond donors (Lipinski definition) is 0. The van der Waals surface area contributed by atoms with Crippen LogP contribution in [0.5, 0.6) is 0 Å². The summed E-state index contributed by atoms with van der Waals surface area (Å²) in [5.74, 6) is -0.624. The molecule has 2 aromatic rings. The van der Waals surface area contributed by atoms with Crippen LogP contribution in [0.15, 0.2) is 36.7 Å². The van der Waals surface area contributed by atoms with Crippen LogP contribution in [0.3, 0.4) is 0 Å². The number of hydrogen-bond acceptors (Lipinski definition) is 5. The maximum atomic E-state index is 13.9. The number of halogens is 1. The van der Waals surface area contributed by atoms with E-state index >= 15 is 0 Å². The Morgan fingerprint density at radius 1 is 1.46 bits per heavy atom. The number of carbonyl (C=O) groups is 1. The van der Waals surface area contributed by atoms with Gasteiger partial charge < -0.3 is 4.90 Å². The lowest BCUT2D eigenvalue weighted by atomic mass is 10.2. The molecule has 126 valence electrons. The summed E-state index contributed by atoms with van der Waals surface area (Å²) in [5.41, 5.74) is 0.169. The highest BCUT2D eigenvalue weighted by molar-refractivity contribution is 5.99. The minimum atomic E-state index is -0.524. The fourth-order valence-electron chi connectivity index (χ4n) is 2.84. The van der Waals surface area contributed by atoms with Gasteiger partial charge in [0.05, 0.1) is 23.3 Å². The normalized spacial score (nSPS) is 17.7. The fraction of sp³-hybridized carbons (Fsp3) is 0.333. The molecule has 0 saturated carbocycles. The maximum absolute atomic E-state index is 13.9. The monoisotopic (exact) mass is 333 g/mol. The molecule has 24 heavy (non-hydrogen) atoms. The molecule has 8 nitrogen and oxygen atoms in total. The van der Waals surface area contributed by atoms with Gasteiger partial charge in [-0.05, 0) is 25.6 Å². The van der Waals surface area contributed by atoms with Gasteiger partial charge in [-0.1, -0.05) is 12.1 Å². The molecule has 0 spiro atoms. The van der Waals surface area contributed by atoms with Crippen molar-refractivity contribution < 1.29 is 14.1 Å². The Hall–Kier alpha value is -2.81. The van der Waals surface area contributed by atoms with E-state index in [1.54, 1.807) is 30.1 Å². The number of amides is 1. The third-order valence-electron chi connectivity index (χ3n) is 4.05. The topological polar surface area (TPSA) is 84.5 Å². The number of aromatic nitrogens is 2. The van der Waals surface area contributed by atoms with Gasteiger partial charge in [-0.3, -0.25) is 24.5 Å². The van der Waals surface area contributed by atoms with Crippen LogP contribution in [0.25, 0.3) is 0 Å². The summed E-state index contributed by atoms with van der Waals surface area (Å²) in [6.45, 7) is 0.656. The standard InChI is InChI=1S/C15H16FN5O3/c1-18(10-19-9-11(8-17-19)21(23)24)14-6-7-20(15(14)22)13-5-3-2-4-12(13)16/h2-5,8-9,14H,6-7,10H2,1H3. The third-order valence-corrected chi connectivity index (χ3v) is 4.05. The molecule has 1 unspecified atom stereocenters. The highest BCUT2D eigenvalue weighted by atomic mass is 19.1. The summed E-state index contributed by atoms with van der Waals surface area (Å²) in [5, 5.41) is 14.6. The second-order valence-electron chi connectivity index (χ2n) is 5.64.